The number of hydrogen-bond donors (Lipinski definition) is 1. The van der Waals surface area contributed by atoms with Gasteiger partial charge in [-0.2, -0.15) is 5.10 Å². The summed E-state index contributed by atoms with van der Waals surface area (Å²) >= 11 is 0.959. The highest BCUT2D eigenvalue weighted by molar-refractivity contribution is 7.18. The number of carbonyl (C=O) groups excluding carboxylic acids is 3. The summed E-state index contributed by atoms with van der Waals surface area (Å²) in [5, 5.41) is 6.94. The minimum absolute atomic E-state index is 0.0655. The van der Waals surface area contributed by atoms with E-state index in [9.17, 15) is 14.4 Å². The second-order valence-electron chi connectivity index (χ2n) is 6.12. The van der Waals surface area contributed by atoms with Gasteiger partial charge in [0.1, 0.15) is 15.6 Å². The van der Waals surface area contributed by atoms with Crippen molar-refractivity contribution >= 4 is 34.2 Å². The van der Waals surface area contributed by atoms with Crippen molar-refractivity contribution in [2.75, 3.05) is 18.5 Å². The maximum Gasteiger partial charge on any atom is 0.348 e. The molecule has 30 heavy (non-hydrogen) atoms. The van der Waals surface area contributed by atoms with Crippen molar-refractivity contribution < 1.29 is 28.3 Å². The summed E-state index contributed by atoms with van der Waals surface area (Å²) in [4.78, 5) is 37.6. The molecule has 0 aliphatic carbocycles. The predicted molar refractivity (Wildman–Crippen MR) is 109 cm³/mol. The molecule has 0 atom stereocenters. The molecule has 3 heterocycles. The Hall–Kier alpha value is -3.40. The first-order valence-corrected chi connectivity index (χ1v) is 10.1. The van der Waals surface area contributed by atoms with Crippen LogP contribution in [0.25, 0.3) is 0 Å². The second kappa shape index (κ2) is 9.40. The van der Waals surface area contributed by atoms with Crippen LogP contribution < -0.4 is 5.32 Å². The number of ether oxygens (including phenoxy) is 2. The molecular weight excluding hydrogens is 410 g/mol. The van der Waals surface area contributed by atoms with E-state index in [4.69, 9.17) is 13.9 Å². The third-order valence-electron chi connectivity index (χ3n) is 4.08. The summed E-state index contributed by atoms with van der Waals surface area (Å²) in [5.74, 6) is -1.13. The van der Waals surface area contributed by atoms with E-state index in [0.717, 1.165) is 11.3 Å². The van der Waals surface area contributed by atoms with Crippen LogP contribution in [0, 0.1) is 6.92 Å². The molecule has 1 N–H and O–H groups in total. The van der Waals surface area contributed by atoms with Crippen LogP contribution in [0.5, 0.6) is 0 Å². The standard InChI is InChI=1S/C20H21N3O6S/c1-4-27-19(25)15-12(3)16(20(26)28-5-2)30-18(15)22-17(24)14-8-7-13(29-14)11-23-10-6-9-21-23/h6-10H,4-5,11H2,1-3H3,(H,22,24). The van der Waals surface area contributed by atoms with Gasteiger partial charge in [0.25, 0.3) is 5.91 Å². The van der Waals surface area contributed by atoms with Gasteiger partial charge in [0.05, 0.1) is 25.3 Å². The molecule has 0 spiro atoms. The maximum absolute atomic E-state index is 12.7. The zero-order valence-corrected chi connectivity index (χ0v) is 17.6. The van der Waals surface area contributed by atoms with E-state index < -0.39 is 17.8 Å². The number of amides is 1. The van der Waals surface area contributed by atoms with E-state index in [-0.39, 0.29) is 34.4 Å². The topological polar surface area (TPSA) is 113 Å². The van der Waals surface area contributed by atoms with Crippen molar-refractivity contribution in [2.24, 2.45) is 0 Å². The fraction of sp³-hybridized carbons (Fsp3) is 0.300. The van der Waals surface area contributed by atoms with Crippen LogP contribution in [-0.2, 0) is 16.0 Å². The normalized spacial score (nSPS) is 10.6. The van der Waals surface area contributed by atoms with Crippen molar-refractivity contribution in [3.8, 4) is 0 Å². The van der Waals surface area contributed by atoms with Crippen molar-refractivity contribution in [2.45, 2.75) is 27.3 Å². The Bertz CT molecular complexity index is 1050. The summed E-state index contributed by atoms with van der Waals surface area (Å²) in [7, 11) is 0. The van der Waals surface area contributed by atoms with Gasteiger partial charge in [-0.15, -0.1) is 11.3 Å². The minimum atomic E-state index is -0.629. The Morgan fingerprint density at radius 1 is 1.17 bits per heavy atom. The lowest BCUT2D eigenvalue weighted by molar-refractivity contribution is 0.0527. The van der Waals surface area contributed by atoms with Gasteiger partial charge in [-0.25, -0.2) is 9.59 Å². The third-order valence-corrected chi connectivity index (χ3v) is 5.26. The summed E-state index contributed by atoms with van der Waals surface area (Å²) in [6.45, 7) is 5.70. The number of aromatic nitrogens is 2. The first-order valence-electron chi connectivity index (χ1n) is 9.29. The molecule has 3 aromatic rings. The Labute approximate surface area is 176 Å². The highest BCUT2D eigenvalue weighted by Crippen LogP contribution is 2.34. The van der Waals surface area contributed by atoms with Gasteiger partial charge in [-0.1, -0.05) is 0 Å². The zero-order valence-electron chi connectivity index (χ0n) is 16.8. The summed E-state index contributed by atoms with van der Waals surface area (Å²) in [6.07, 6.45) is 3.42. The molecule has 0 bridgehead atoms. The summed E-state index contributed by atoms with van der Waals surface area (Å²) in [5.41, 5.74) is 0.521. The lowest BCUT2D eigenvalue weighted by atomic mass is 10.1. The number of esters is 2. The van der Waals surface area contributed by atoms with Crippen LogP contribution in [0.3, 0.4) is 0 Å². The Morgan fingerprint density at radius 2 is 1.90 bits per heavy atom. The number of furan rings is 1. The van der Waals surface area contributed by atoms with Crippen LogP contribution >= 0.6 is 11.3 Å². The molecule has 10 heteroatoms. The molecule has 3 rings (SSSR count). The van der Waals surface area contributed by atoms with Gasteiger partial charge in [0.15, 0.2) is 5.76 Å². The van der Waals surface area contributed by atoms with Crippen LogP contribution in [-0.4, -0.2) is 40.8 Å². The van der Waals surface area contributed by atoms with Crippen LogP contribution in [0.4, 0.5) is 5.00 Å². The van der Waals surface area contributed by atoms with Crippen molar-refractivity contribution in [1.82, 2.24) is 9.78 Å². The van der Waals surface area contributed by atoms with Gasteiger partial charge in [0, 0.05) is 12.4 Å². The van der Waals surface area contributed by atoms with Gasteiger partial charge in [-0.3, -0.25) is 9.48 Å². The average molecular weight is 431 g/mol. The zero-order chi connectivity index (χ0) is 21.7. The molecule has 158 valence electrons. The monoisotopic (exact) mass is 431 g/mol. The average Bonchev–Trinajstić information content (AvgIpc) is 3.44. The minimum Gasteiger partial charge on any atom is -0.462 e. The lowest BCUT2D eigenvalue weighted by Crippen LogP contribution is -2.14. The first-order chi connectivity index (χ1) is 14.4. The number of hydrogen-bond acceptors (Lipinski definition) is 8. The van der Waals surface area contributed by atoms with Gasteiger partial charge >= 0.3 is 11.9 Å². The first kappa shape index (κ1) is 21.3. The summed E-state index contributed by atoms with van der Waals surface area (Å²) < 4.78 is 17.4. The Morgan fingerprint density at radius 3 is 2.57 bits per heavy atom. The van der Waals surface area contributed by atoms with Crippen molar-refractivity contribution in [1.29, 1.82) is 0 Å². The second-order valence-corrected chi connectivity index (χ2v) is 7.15. The molecule has 0 unspecified atom stereocenters. The van der Waals surface area contributed by atoms with Gasteiger partial charge in [-0.05, 0) is 44.5 Å². The Kier molecular flexibility index (Phi) is 6.68. The quantitative estimate of drug-likeness (QED) is 0.543. The maximum atomic E-state index is 12.7. The highest BCUT2D eigenvalue weighted by Gasteiger charge is 2.28. The van der Waals surface area contributed by atoms with Crippen LogP contribution in [0.1, 0.15) is 55.8 Å². The Balaban J connectivity index is 1.84. The molecule has 0 saturated carbocycles. The van der Waals surface area contributed by atoms with E-state index in [1.807, 2.05) is 0 Å². The van der Waals surface area contributed by atoms with E-state index in [1.54, 1.807) is 50.0 Å². The highest BCUT2D eigenvalue weighted by atomic mass is 32.1. The predicted octanol–water partition coefficient (Wildman–Crippen LogP) is 3.50. The number of nitrogens with one attached hydrogen (secondary N) is 1. The molecule has 1 amide bonds. The fourth-order valence-electron chi connectivity index (χ4n) is 2.75. The number of anilines is 1. The number of rotatable bonds is 8. The molecule has 0 saturated heterocycles. The molecule has 0 aromatic carbocycles. The van der Waals surface area contributed by atoms with Gasteiger partial charge in [0.2, 0.25) is 0 Å². The number of thiophene rings is 1. The molecule has 0 fully saturated rings. The molecule has 3 aromatic heterocycles. The van der Waals surface area contributed by atoms with E-state index in [0.29, 0.717) is 17.9 Å². The SMILES string of the molecule is CCOC(=O)c1sc(NC(=O)c2ccc(Cn3cccn3)o2)c(C(=O)OCC)c1C. The molecule has 0 aliphatic rings. The van der Waals surface area contributed by atoms with E-state index >= 15 is 0 Å². The van der Waals surface area contributed by atoms with Crippen molar-refractivity contribution in [3.63, 3.8) is 0 Å². The molecule has 9 nitrogen and oxygen atoms in total. The number of carbonyl (C=O) groups is 3. The molecular formula is C20H21N3O6S. The summed E-state index contributed by atoms with van der Waals surface area (Å²) in [6, 6.07) is 4.99. The fourth-order valence-corrected chi connectivity index (χ4v) is 3.83. The third kappa shape index (κ3) is 4.60. The van der Waals surface area contributed by atoms with Crippen LogP contribution in [0.2, 0.25) is 0 Å². The number of nitrogens with zero attached hydrogens (tertiary/aromatic N) is 2. The molecule has 0 radical (unpaired) electrons. The van der Waals surface area contributed by atoms with Gasteiger partial charge < -0.3 is 19.2 Å². The largest absolute Gasteiger partial charge is 0.462 e. The lowest BCUT2D eigenvalue weighted by Gasteiger charge is -2.06. The van der Waals surface area contributed by atoms with Crippen molar-refractivity contribution in [3.05, 3.63) is 58.1 Å². The smallest absolute Gasteiger partial charge is 0.348 e. The van der Waals surface area contributed by atoms with E-state index in [2.05, 4.69) is 10.4 Å². The van der Waals surface area contributed by atoms with E-state index in [1.165, 1.54) is 6.07 Å². The molecule has 0 aliphatic heterocycles. The van der Waals surface area contributed by atoms with Crippen LogP contribution in [0.15, 0.2) is 35.0 Å².